The van der Waals surface area contributed by atoms with Gasteiger partial charge in [0.15, 0.2) is 0 Å². The summed E-state index contributed by atoms with van der Waals surface area (Å²) in [6, 6.07) is 6.80. The fraction of sp³-hybridized carbons (Fsp3) is 0.286. The van der Waals surface area contributed by atoms with Gasteiger partial charge in [0.2, 0.25) is 0 Å². The molecule has 0 atom stereocenters. The van der Waals surface area contributed by atoms with E-state index in [4.69, 9.17) is 11.6 Å². The van der Waals surface area contributed by atoms with E-state index in [0.717, 1.165) is 5.69 Å². The van der Waals surface area contributed by atoms with E-state index >= 15 is 0 Å². The summed E-state index contributed by atoms with van der Waals surface area (Å²) >= 11 is 7.64. The van der Waals surface area contributed by atoms with Crippen LogP contribution in [0.1, 0.15) is 15.3 Å². The Kier molecular flexibility index (Phi) is 4.83. The van der Waals surface area contributed by atoms with Gasteiger partial charge in [0.25, 0.3) is 0 Å². The van der Waals surface area contributed by atoms with Crippen molar-refractivity contribution in [3.63, 3.8) is 0 Å². The van der Waals surface area contributed by atoms with Crippen molar-refractivity contribution in [1.29, 1.82) is 0 Å². The van der Waals surface area contributed by atoms with E-state index in [2.05, 4.69) is 30.0 Å². The van der Waals surface area contributed by atoms with Crippen LogP contribution < -0.4 is 10.1 Å². The zero-order chi connectivity index (χ0) is 14.7. The molecule has 0 aliphatic carbocycles. The highest BCUT2D eigenvalue weighted by Gasteiger charge is 2.09. The molecule has 1 heterocycles. The minimum atomic E-state index is -2.87. The highest BCUT2D eigenvalue weighted by molar-refractivity contribution is 7.12. The number of hydrogen-bond acceptors (Lipinski definition) is 3. The molecule has 1 N–H and O–H groups in total. The van der Waals surface area contributed by atoms with Gasteiger partial charge in [-0.15, -0.1) is 11.3 Å². The Bertz CT molecular complexity index is 601. The highest BCUT2D eigenvalue weighted by atomic mass is 35.5. The second kappa shape index (κ2) is 6.41. The fourth-order valence-electron chi connectivity index (χ4n) is 1.86. The van der Waals surface area contributed by atoms with E-state index in [1.54, 1.807) is 23.5 Å². The Hall–Kier alpha value is -1.33. The maximum Gasteiger partial charge on any atom is 0.387 e. The van der Waals surface area contributed by atoms with Crippen LogP contribution in [0.4, 0.5) is 14.5 Å². The summed E-state index contributed by atoms with van der Waals surface area (Å²) in [5.74, 6) is -0.0187. The molecule has 2 aromatic rings. The molecule has 0 fully saturated rings. The quantitative estimate of drug-likeness (QED) is 0.815. The molecule has 1 aromatic heterocycles. The highest BCUT2D eigenvalue weighted by Crippen LogP contribution is 2.29. The summed E-state index contributed by atoms with van der Waals surface area (Å²) in [4.78, 5) is 2.52. The van der Waals surface area contributed by atoms with E-state index in [0.29, 0.717) is 6.54 Å². The Morgan fingerprint density at radius 1 is 1.30 bits per heavy atom. The zero-order valence-corrected chi connectivity index (χ0v) is 12.6. The molecule has 0 aliphatic heterocycles. The number of ether oxygens (including phenoxy) is 1. The topological polar surface area (TPSA) is 21.3 Å². The van der Waals surface area contributed by atoms with Crippen LogP contribution in [-0.4, -0.2) is 6.61 Å². The van der Waals surface area contributed by atoms with Crippen molar-refractivity contribution in [2.75, 3.05) is 5.32 Å². The summed E-state index contributed by atoms with van der Waals surface area (Å²) in [6.45, 7) is 1.93. The molecular formula is C14H14ClF2NOS. The lowest BCUT2D eigenvalue weighted by atomic mass is 10.2. The van der Waals surface area contributed by atoms with Crippen LogP contribution in [0.3, 0.4) is 0 Å². The average molecular weight is 318 g/mol. The molecule has 108 valence electrons. The van der Waals surface area contributed by atoms with Gasteiger partial charge in [-0.25, -0.2) is 0 Å². The van der Waals surface area contributed by atoms with Crippen molar-refractivity contribution in [2.45, 2.75) is 27.0 Å². The van der Waals surface area contributed by atoms with Crippen molar-refractivity contribution in [1.82, 2.24) is 0 Å². The molecule has 2 rings (SSSR count). The number of aryl methyl sites for hydroxylation is 2. The Balaban J connectivity index is 2.03. The smallest absolute Gasteiger partial charge is 0.387 e. The van der Waals surface area contributed by atoms with Gasteiger partial charge in [-0.3, -0.25) is 0 Å². The van der Waals surface area contributed by atoms with Gasteiger partial charge in [0.05, 0.1) is 5.02 Å². The molecule has 0 unspecified atom stereocenters. The minimum Gasteiger partial charge on any atom is -0.433 e. The van der Waals surface area contributed by atoms with Gasteiger partial charge in [-0.05, 0) is 43.7 Å². The SMILES string of the molecule is Cc1cc(CNc2ccc(OC(F)F)c(Cl)c2)c(C)s1. The lowest BCUT2D eigenvalue weighted by molar-refractivity contribution is -0.0497. The third-order valence-electron chi connectivity index (χ3n) is 2.77. The first-order chi connectivity index (χ1) is 9.45. The zero-order valence-electron chi connectivity index (χ0n) is 11.0. The number of hydrogen-bond donors (Lipinski definition) is 1. The molecule has 0 radical (unpaired) electrons. The second-order valence-corrected chi connectivity index (χ2v) is 6.18. The van der Waals surface area contributed by atoms with E-state index in [1.165, 1.54) is 21.4 Å². The minimum absolute atomic E-state index is 0.0187. The maximum absolute atomic E-state index is 12.1. The van der Waals surface area contributed by atoms with Crippen molar-refractivity contribution < 1.29 is 13.5 Å². The van der Waals surface area contributed by atoms with Gasteiger partial charge in [-0.1, -0.05) is 11.6 Å². The number of benzene rings is 1. The van der Waals surface area contributed by atoms with Crippen LogP contribution >= 0.6 is 22.9 Å². The van der Waals surface area contributed by atoms with Gasteiger partial charge in [-0.2, -0.15) is 8.78 Å². The molecule has 0 spiro atoms. The Morgan fingerprint density at radius 2 is 2.05 bits per heavy atom. The van der Waals surface area contributed by atoms with Crippen molar-refractivity contribution in [3.8, 4) is 5.75 Å². The monoisotopic (exact) mass is 317 g/mol. The van der Waals surface area contributed by atoms with Gasteiger partial charge >= 0.3 is 6.61 Å². The number of halogens is 3. The lowest BCUT2D eigenvalue weighted by Crippen LogP contribution is -2.03. The van der Waals surface area contributed by atoms with Crippen molar-refractivity contribution in [3.05, 3.63) is 44.6 Å². The number of rotatable bonds is 5. The van der Waals surface area contributed by atoms with Crippen LogP contribution in [-0.2, 0) is 6.54 Å². The first-order valence-corrected chi connectivity index (χ1v) is 7.19. The molecule has 0 saturated heterocycles. The van der Waals surface area contributed by atoms with E-state index in [9.17, 15) is 8.78 Å². The van der Waals surface area contributed by atoms with Gasteiger partial charge in [0, 0.05) is 22.0 Å². The third kappa shape index (κ3) is 3.84. The summed E-state index contributed by atoms with van der Waals surface area (Å²) in [6.07, 6.45) is 0. The Morgan fingerprint density at radius 3 is 2.60 bits per heavy atom. The second-order valence-electron chi connectivity index (χ2n) is 4.32. The number of anilines is 1. The Labute approximate surface area is 125 Å². The molecule has 2 nitrogen and oxygen atoms in total. The van der Waals surface area contributed by atoms with Crippen LogP contribution in [0, 0.1) is 13.8 Å². The fourth-order valence-corrected chi connectivity index (χ4v) is 3.03. The maximum atomic E-state index is 12.1. The van der Waals surface area contributed by atoms with E-state index < -0.39 is 6.61 Å². The normalized spacial score (nSPS) is 10.9. The molecule has 0 amide bonds. The first kappa shape index (κ1) is 15.1. The average Bonchev–Trinajstić information content (AvgIpc) is 2.68. The van der Waals surface area contributed by atoms with Crippen LogP contribution in [0.25, 0.3) is 0 Å². The van der Waals surface area contributed by atoms with E-state index in [1.807, 2.05) is 0 Å². The predicted octanol–water partition coefficient (Wildman–Crippen LogP) is 5.23. The molecule has 0 saturated carbocycles. The molecule has 1 aromatic carbocycles. The third-order valence-corrected chi connectivity index (χ3v) is 4.08. The van der Waals surface area contributed by atoms with Crippen LogP contribution in [0.2, 0.25) is 5.02 Å². The van der Waals surface area contributed by atoms with Crippen LogP contribution in [0.5, 0.6) is 5.75 Å². The number of alkyl halides is 2. The largest absolute Gasteiger partial charge is 0.433 e. The molecular weight excluding hydrogens is 304 g/mol. The number of nitrogens with one attached hydrogen (secondary N) is 1. The molecule has 6 heteroatoms. The van der Waals surface area contributed by atoms with Crippen molar-refractivity contribution >= 4 is 28.6 Å². The lowest BCUT2D eigenvalue weighted by Gasteiger charge is -2.10. The molecule has 20 heavy (non-hydrogen) atoms. The number of thiophene rings is 1. The van der Waals surface area contributed by atoms with E-state index in [-0.39, 0.29) is 10.8 Å². The van der Waals surface area contributed by atoms with Gasteiger partial charge in [0.1, 0.15) is 5.75 Å². The van der Waals surface area contributed by atoms with Gasteiger partial charge < -0.3 is 10.1 Å². The summed E-state index contributed by atoms with van der Waals surface area (Å²) in [5, 5.41) is 3.38. The summed E-state index contributed by atoms with van der Waals surface area (Å²) in [7, 11) is 0. The summed E-state index contributed by atoms with van der Waals surface area (Å²) in [5.41, 5.74) is 1.98. The standard InChI is InChI=1S/C14H14ClF2NOS/c1-8-5-10(9(2)20-8)7-18-11-3-4-13(12(15)6-11)19-14(16)17/h3-6,14,18H,7H2,1-2H3. The first-order valence-electron chi connectivity index (χ1n) is 6.00. The molecule has 0 aliphatic rings. The predicted molar refractivity (Wildman–Crippen MR) is 79.2 cm³/mol. The molecule has 0 bridgehead atoms. The van der Waals surface area contributed by atoms with Crippen molar-refractivity contribution in [2.24, 2.45) is 0 Å². The summed E-state index contributed by atoms with van der Waals surface area (Å²) < 4.78 is 28.5. The van der Waals surface area contributed by atoms with Crippen LogP contribution in [0.15, 0.2) is 24.3 Å².